The van der Waals surface area contributed by atoms with Crippen molar-refractivity contribution in [2.45, 2.75) is 25.4 Å². The van der Waals surface area contributed by atoms with Gasteiger partial charge in [-0.2, -0.15) is 11.8 Å². The van der Waals surface area contributed by atoms with E-state index in [4.69, 9.17) is 0 Å². The van der Waals surface area contributed by atoms with E-state index in [0.717, 1.165) is 12.2 Å². The van der Waals surface area contributed by atoms with Crippen LogP contribution in [0.3, 0.4) is 0 Å². The van der Waals surface area contributed by atoms with Crippen molar-refractivity contribution in [1.29, 1.82) is 0 Å². The molecule has 1 aromatic heterocycles. The molecule has 1 aromatic rings. The van der Waals surface area contributed by atoms with Gasteiger partial charge < -0.3 is 9.67 Å². The second kappa shape index (κ2) is 5.03. The lowest BCUT2D eigenvalue weighted by Gasteiger charge is -2.23. The van der Waals surface area contributed by atoms with Crippen molar-refractivity contribution in [3.05, 3.63) is 18.2 Å². The highest BCUT2D eigenvalue weighted by molar-refractivity contribution is 7.99. The standard InChI is InChI=1S/C11H18N2OS/c1-13-5-4-12-11(13)10(14)8-9-2-6-15-7-3-9/h4-5,9-10,14H,2-3,6-8H2,1H3. The number of aryl methyl sites for hydroxylation is 1. The Morgan fingerprint density at radius 2 is 2.33 bits per heavy atom. The van der Waals surface area contributed by atoms with Gasteiger partial charge in [0.1, 0.15) is 11.9 Å². The maximum Gasteiger partial charge on any atom is 0.137 e. The third-order valence-electron chi connectivity index (χ3n) is 3.05. The highest BCUT2D eigenvalue weighted by Crippen LogP contribution is 2.30. The Balaban J connectivity index is 1.91. The van der Waals surface area contributed by atoms with Crippen molar-refractivity contribution < 1.29 is 5.11 Å². The first kappa shape index (κ1) is 11.0. The summed E-state index contributed by atoms with van der Waals surface area (Å²) in [6, 6.07) is 0. The van der Waals surface area contributed by atoms with Gasteiger partial charge in [0.15, 0.2) is 0 Å². The molecule has 1 N–H and O–H groups in total. The first-order valence-corrected chi connectivity index (χ1v) is 6.66. The summed E-state index contributed by atoms with van der Waals surface area (Å²) in [6.07, 6.45) is 6.59. The van der Waals surface area contributed by atoms with Crippen LogP contribution in [0.4, 0.5) is 0 Å². The second-order valence-electron chi connectivity index (χ2n) is 4.20. The maximum absolute atomic E-state index is 10.1. The number of thioether (sulfide) groups is 1. The number of aliphatic hydroxyl groups is 1. The fraction of sp³-hybridized carbons (Fsp3) is 0.727. The Labute approximate surface area is 94.9 Å². The molecule has 0 aromatic carbocycles. The number of hydrogen-bond donors (Lipinski definition) is 1. The summed E-state index contributed by atoms with van der Waals surface area (Å²) in [4.78, 5) is 4.19. The van der Waals surface area contributed by atoms with Gasteiger partial charge >= 0.3 is 0 Å². The second-order valence-corrected chi connectivity index (χ2v) is 5.43. The highest BCUT2D eigenvalue weighted by Gasteiger charge is 2.20. The first-order chi connectivity index (χ1) is 7.27. The van der Waals surface area contributed by atoms with Gasteiger partial charge in [0.25, 0.3) is 0 Å². The van der Waals surface area contributed by atoms with E-state index in [0.29, 0.717) is 5.92 Å². The van der Waals surface area contributed by atoms with Gasteiger partial charge in [0, 0.05) is 19.4 Å². The minimum atomic E-state index is -0.391. The molecule has 0 amide bonds. The van der Waals surface area contributed by atoms with Gasteiger partial charge in [0.05, 0.1) is 0 Å². The van der Waals surface area contributed by atoms with Crippen molar-refractivity contribution in [2.24, 2.45) is 13.0 Å². The van der Waals surface area contributed by atoms with Gasteiger partial charge in [-0.15, -0.1) is 0 Å². The molecule has 15 heavy (non-hydrogen) atoms. The zero-order valence-corrected chi connectivity index (χ0v) is 9.91. The Hall–Kier alpha value is -0.480. The predicted molar refractivity (Wildman–Crippen MR) is 62.8 cm³/mol. The Bertz CT molecular complexity index is 307. The summed E-state index contributed by atoms with van der Waals surface area (Å²) in [7, 11) is 1.93. The summed E-state index contributed by atoms with van der Waals surface area (Å²) in [5, 5.41) is 10.1. The van der Waals surface area contributed by atoms with Crippen LogP contribution in [0.25, 0.3) is 0 Å². The molecular formula is C11H18N2OS. The number of nitrogens with zero attached hydrogens (tertiary/aromatic N) is 2. The van der Waals surface area contributed by atoms with Crippen molar-refractivity contribution in [1.82, 2.24) is 9.55 Å². The van der Waals surface area contributed by atoms with Crippen LogP contribution in [0, 0.1) is 5.92 Å². The van der Waals surface area contributed by atoms with Crippen LogP contribution in [-0.2, 0) is 7.05 Å². The molecule has 1 aliphatic heterocycles. The quantitative estimate of drug-likeness (QED) is 0.856. The van der Waals surface area contributed by atoms with Crippen molar-refractivity contribution in [2.75, 3.05) is 11.5 Å². The average molecular weight is 226 g/mol. The van der Waals surface area contributed by atoms with Crippen LogP contribution in [0.5, 0.6) is 0 Å². The van der Waals surface area contributed by atoms with Crippen molar-refractivity contribution >= 4 is 11.8 Å². The van der Waals surface area contributed by atoms with E-state index in [1.54, 1.807) is 6.20 Å². The van der Waals surface area contributed by atoms with E-state index in [2.05, 4.69) is 4.98 Å². The molecule has 3 nitrogen and oxygen atoms in total. The van der Waals surface area contributed by atoms with Crippen LogP contribution < -0.4 is 0 Å². The first-order valence-electron chi connectivity index (χ1n) is 5.50. The number of hydrogen-bond acceptors (Lipinski definition) is 3. The lowest BCUT2D eigenvalue weighted by Crippen LogP contribution is -2.15. The average Bonchev–Trinajstić information content (AvgIpc) is 2.66. The van der Waals surface area contributed by atoms with Crippen LogP contribution in [-0.4, -0.2) is 26.2 Å². The number of rotatable bonds is 3. The minimum Gasteiger partial charge on any atom is -0.385 e. The number of aliphatic hydroxyl groups excluding tert-OH is 1. The van der Waals surface area contributed by atoms with Crippen LogP contribution in [0.1, 0.15) is 31.2 Å². The topological polar surface area (TPSA) is 38.0 Å². The van der Waals surface area contributed by atoms with E-state index in [1.807, 2.05) is 29.6 Å². The molecule has 84 valence electrons. The molecular weight excluding hydrogens is 208 g/mol. The molecule has 0 spiro atoms. The van der Waals surface area contributed by atoms with Crippen LogP contribution in [0.15, 0.2) is 12.4 Å². The normalized spacial score (nSPS) is 20.4. The van der Waals surface area contributed by atoms with Crippen molar-refractivity contribution in [3.63, 3.8) is 0 Å². The molecule has 4 heteroatoms. The van der Waals surface area contributed by atoms with E-state index >= 15 is 0 Å². The smallest absolute Gasteiger partial charge is 0.137 e. The van der Waals surface area contributed by atoms with E-state index in [-0.39, 0.29) is 0 Å². The number of imidazole rings is 1. The Kier molecular flexibility index (Phi) is 3.70. The Morgan fingerprint density at radius 3 is 2.93 bits per heavy atom. The maximum atomic E-state index is 10.1. The monoisotopic (exact) mass is 226 g/mol. The fourth-order valence-electron chi connectivity index (χ4n) is 2.10. The molecule has 2 rings (SSSR count). The number of aromatic nitrogens is 2. The molecule has 1 saturated heterocycles. The summed E-state index contributed by atoms with van der Waals surface area (Å²) in [6.45, 7) is 0. The summed E-state index contributed by atoms with van der Waals surface area (Å²) >= 11 is 2.02. The minimum absolute atomic E-state index is 0.391. The lowest BCUT2D eigenvalue weighted by atomic mass is 9.95. The summed E-state index contributed by atoms with van der Waals surface area (Å²) < 4.78 is 1.91. The largest absolute Gasteiger partial charge is 0.385 e. The summed E-state index contributed by atoms with van der Waals surface area (Å²) in [5.74, 6) is 3.97. The SMILES string of the molecule is Cn1ccnc1C(O)CC1CCSCC1. The Morgan fingerprint density at radius 1 is 1.60 bits per heavy atom. The predicted octanol–water partition coefficient (Wildman–Crippen LogP) is 1.99. The molecule has 2 heterocycles. The molecule has 1 fully saturated rings. The highest BCUT2D eigenvalue weighted by atomic mass is 32.2. The molecule has 1 atom stereocenters. The molecule has 0 bridgehead atoms. The van der Waals surface area contributed by atoms with Gasteiger partial charge in [-0.3, -0.25) is 0 Å². The van der Waals surface area contributed by atoms with Gasteiger partial charge in [0.2, 0.25) is 0 Å². The van der Waals surface area contributed by atoms with E-state index in [1.165, 1.54) is 24.3 Å². The molecule has 1 aliphatic rings. The third-order valence-corrected chi connectivity index (χ3v) is 4.10. The fourth-order valence-corrected chi connectivity index (χ4v) is 3.31. The van der Waals surface area contributed by atoms with Gasteiger partial charge in [-0.05, 0) is 36.7 Å². The third kappa shape index (κ3) is 2.75. The van der Waals surface area contributed by atoms with Crippen LogP contribution >= 0.6 is 11.8 Å². The molecule has 0 aliphatic carbocycles. The zero-order chi connectivity index (χ0) is 10.7. The van der Waals surface area contributed by atoms with E-state index in [9.17, 15) is 5.11 Å². The zero-order valence-electron chi connectivity index (χ0n) is 9.09. The van der Waals surface area contributed by atoms with E-state index < -0.39 is 6.10 Å². The molecule has 1 unspecified atom stereocenters. The molecule has 0 saturated carbocycles. The van der Waals surface area contributed by atoms with Gasteiger partial charge in [-0.1, -0.05) is 0 Å². The van der Waals surface area contributed by atoms with Gasteiger partial charge in [-0.25, -0.2) is 4.98 Å². The molecule has 0 radical (unpaired) electrons. The lowest BCUT2D eigenvalue weighted by molar-refractivity contribution is 0.129. The van der Waals surface area contributed by atoms with Crippen molar-refractivity contribution in [3.8, 4) is 0 Å². The summed E-state index contributed by atoms with van der Waals surface area (Å²) in [5.41, 5.74) is 0. The van der Waals surface area contributed by atoms with Crippen LogP contribution in [0.2, 0.25) is 0 Å².